The molecule has 2 heterocycles. The van der Waals surface area contributed by atoms with E-state index in [0.717, 1.165) is 44.2 Å². The van der Waals surface area contributed by atoms with E-state index >= 15 is 0 Å². The molecule has 1 saturated carbocycles. The van der Waals surface area contributed by atoms with E-state index in [1.807, 2.05) is 0 Å². The van der Waals surface area contributed by atoms with Crippen molar-refractivity contribution in [1.82, 2.24) is 5.32 Å². The van der Waals surface area contributed by atoms with Crippen molar-refractivity contribution < 1.29 is 4.79 Å². The minimum absolute atomic E-state index is 0.313. The van der Waals surface area contributed by atoms with Gasteiger partial charge in [-0.2, -0.15) is 0 Å². The highest BCUT2D eigenvalue weighted by Crippen LogP contribution is 2.35. The molecule has 0 aromatic heterocycles. The van der Waals surface area contributed by atoms with Gasteiger partial charge < -0.3 is 10.2 Å². The van der Waals surface area contributed by atoms with Gasteiger partial charge in [0, 0.05) is 18.2 Å². The Morgan fingerprint density at radius 1 is 1.07 bits per heavy atom. The molecule has 1 atom stereocenters. The van der Waals surface area contributed by atoms with Crippen LogP contribution in [-0.2, 0) is 17.6 Å². The number of carbonyl (C=O) groups is 1. The van der Waals surface area contributed by atoms with Gasteiger partial charge >= 0.3 is 0 Å². The fraction of sp³-hybridized carbons (Fsp3) is 0.708. The number of nitrogens with zero attached hydrogens (tertiary/aromatic N) is 1. The largest absolute Gasteiger partial charge is 0.317 e. The third-order valence-corrected chi connectivity index (χ3v) is 7.10. The first-order valence-electron chi connectivity index (χ1n) is 11.4. The summed E-state index contributed by atoms with van der Waals surface area (Å²) in [6.45, 7) is 4.54. The van der Waals surface area contributed by atoms with Crippen LogP contribution in [0, 0.1) is 11.8 Å². The zero-order valence-electron chi connectivity index (χ0n) is 17.0. The molecule has 0 spiro atoms. The van der Waals surface area contributed by atoms with Crippen LogP contribution < -0.4 is 10.2 Å². The van der Waals surface area contributed by atoms with Crippen molar-refractivity contribution in [2.24, 2.45) is 11.8 Å². The second-order valence-corrected chi connectivity index (χ2v) is 9.22. The molecule has 1 aliphatic carbocycles. The Morgan fingerprint density at radius 2 is 1.85 bits per heavy atom. The summed E-state index contributed by atoms with van der Waals surface area (Å²) in [4.78, 5) is 15.1. The third kappa shape index (κ3) is 4.56. The van der Waals surface area contributed by atoms with Crippen LogP contribution in [0.2, 0.25) is 0 Å². The maximum absolute atomic E-state index is 13.0. The Kier molecular flexibility index (Phi) is 6.17. The predicted molar refractivity (Wildman–Crippen MR) is 112 cm³/mol. The van der Waals surface area contributed by atoms with Crippen molar-refractivity contribution in [2.45, 2.75) is 83.6 Å². The molecule has 1 aromatic carbocycles. The average molecular weight is 369 g/mol. The van der Waals surface area contributed by atoms with Crippen molar-refractivity contribution in [2.75, 3.05) is 18.0 Å². The summed E-state index contributed by atoms with van der Waals surface area (Å²) in [5.41, 5.74) is 4.04. The number of amides is 1. The lowest BCUT2D eigenvalue weighted by Gasteiger charge is -2.26. The van der Waals surface area contributed by atoms with E-state index in [-0.39, 0.29) is 0 Å². The third-order valence-electron chi connectivity index (χ3n) is 7.10. The molecule has 0 radical (unpaired) electrons. The zero-order valence-corrected chi connectivity index (χ0v) is 17.0. The summed E-state index contributed by atoms with van der Waals surface area (Å²) in [5, 5.41) is 3.46. The van der Waals surface area contributed by atoms with Gasteiger partial charge in [0.1, 0.15) is 0 Å². The van der Waals surface area contributed by atoms with Gasteiger partial charge in [-0.1, -0.05) is 44.2 Å². The van der Waals surface area contributed by atoms with E-state index in [1.54, 1.807) is 0 Å². The number of hydrogen-bond acceptors (Lipinski definition) is 2. The smallest absolute Gasteiger partial charge is 0.227 e. The maximum Gasteiger partial charge on any atom is 0.227 e. The topological polar surface area (TPSA) is 32.3 Å². The summed E-state index contributed by atoms with van der Waals surface area (Å²) in [6, 6.07) is 7.21. The number of carbonyl (C=O) groups excluding carboxylic acids is 1. The minimum atomic E-state index is 0.313. The highest BCUT2D eigenvalue weighted by atomic mass is 16.2. The number of piperidine rings is 1. The molecule has 148 valence electrons. The molecule has 1 unspecified atom stereocenters. The molecule has 2 fully saturated rings. The van der Waals surface area contributed by atoms with Gasteiger partial charge in [-0.25, -0.2) is 0 Å². The van der Waals surface area contributed by atoms with Crippen LogP contribution in [0.3, 0.4) is 0 Å². The minimum Gasteiger partial charge on any atom is -0.317 e. The molecule has 4 rings (SSSR count). The van der Waals surface area contributed by atoms with Crippen molar-refractivity contribution in [3.63, 3.8) is 0 Å². The highest BCUT2D eigenvalue weighted by molar-refractivity contribution is 5.96. The van der Waals surface area contributed by atoms with Crippen LogP contribution in [0.25, 0.3) is 0 Å². The molecule has 0 bridgehead atoms. The number of anilines is 1. The van der Waals surface area contributed by atoms with Crippen molar-refractivity contribution >= 4 is 11.6 Å². The fourth-order valence-corrected chi connectivity index (χ4v) is 5.53. The Hall–Kier alpha value is -1.35. The quantitative estimate of drug-likeness (QED) is 0.804. The van der Waals surface area contributed by atoms with Gasteiger partial charge in [0.2, 0.25) is 5.91 Å². The number of hydrogen-bond donors (Lipinski definition) is 1. The molecule has 27 heavy (non-hydrogen) atoms. The molecule has 1 saturated heterocycles. The average Bonchev–Trinajstić information content (AvgIpc) is 3.03. The van der Waals surface area contributed by atoms with Gasteiger partial charge in [0.15, 0.2) is 0 Å². The van der Waals surface area contributed by atoms with E-state index < -0.39 is 0 Å². The van der Waals surface area contributed by atoms with E-state index in [4.69, 9.17) is 0 Å². The van der Waals surface area contributed by atoms with Gasteiger partial charge in [-0.05, 0) is 81.1 Å². The van der Waals surface area contributed by atoms with E-state index in [9.17, 15) is 4.79 Å². The molecule has 1 aromatic rings. The van der Waals surface area contributed by atoms with Crippen LogP contribution in [0.5, 0.6) is 0 Å². The molecule has 2 aliphatic heterocycles. The molecular formula is C24H36N2O. The maximum atomic E-state index is 13.0. The molecule has 3 aliphatic rings. The molecule has 1 amide bonds. The van der Waals surface area contributed by atoms with E-state index in [1.165, 1.54) is 68.2 Å². The Morgan fingerprint density at radius 3 is 2.63 bits per heavy atom. The number of rotatable bonds is 5. The van der Waals surface area contributed by atoms with Crippen LogP contribution in [0.4, 0.5) is 5.69 Å². The summed E-state index contributed by atoms with van der Waals surface area (Å²) >= 11 is 0. The summed E-state index contributed by atoms with van der Waals surface area (Å²) in [7, 11) is 0. The van der Waals surface area contributed by atoms with Crippen LogP contribution in [-0.4, -0.2) is 25.0 Å². The predicted octanol–water partition coefficient (Wildman–Crippen LogP) is 4.87. The highest BCUT2D eigenvalue weighted by Gasteiger charge is 2.31. The monoisotopic (exact) mass is 368 g/mol. The van der Waals surface area contributed by atoms with Crippen LogP contribution in [0.1, 0.15) is 75.8 Å². The molecular weight excluding hydrogens is 332 g/mol. The Bertz CT molecular complexity index is 644. The molecule has 3 nitrogen and oxygen atoms in total. The first-order chi connectivity index (χ1) is 13.2. The lowest BCUT2D eigenvalue weighted by atomic mass is 9.86. The number of nitrogens with one attached hydrogen (secondary N) is 1. The first kappa shape index (κ1) is 19.0. The Labute approximate surface area is 164 Å². The second-order valence-electron chi connectivity index (χ2n) is 9.22. The van der Waals surface area contributed by atoms with Gasteiger partial charge in [0.05, 0.1) is 0 Å². The Balaban J connectivity index is 1.38. The SMILES string of the molecule is CC1Cc2cc(CC3CCNCC3)ccc2N1C(=O)CCC1CCCCC1. The zero-order chi connectivity index (χ0) is 18.6. The number of benzene rings is 1. The second kappa shape index (κ2) is 8.77. The van der Waals surface area contributed by atoms with E-state index in [0.29, 0.717) is 11.9 Å². The summed E-state index contributed by atoms with van der Waals surface area (Å²) in [6.07, 6.45) is 13.4. The summed E-state index contributed by atoms with van der Waals surface area (Å²) < 4.78 is 0. The molecule has 1 N–H and O–H groups in total. The van der Waals surface area contributed by atoms with Gasteiger partial charge in [-0.3, -0.25) is 4.79 Å². The standard InChI is InChI=1S/C24H36N2O/c1-18-15-22-17-21(16-20-11-13-25-14-12-20)7-9-23(22)26(18)24(27)10-8-19-5-3-2-4-6-19/h7,9,17-20,25H,2-6,8,10-16H2,1H3. The van der Waals surface area contributed by atoms with Gasteiger partial charge in [0.25, 0.3) is 0 Å². The van der Waals surface area contributed by atoms with Crippen molar-refractivity contribution in [1.29, 1.82) is 0 Å². The first-order valence-corrected chi connectivity index (χ1v) is 11.4. The summed E-state index contributed by atoms with van der Waals surface area (Å²) in [5.74, 6) is 1.95. The normalized spacial score (nSPS) is 24.2. The van der Waals surface area contributed by atoms with Crippen molar-refractivity contribution in [3.05, 3.63) is 29.3 Å². The van der Waals surface area contributed by atoms with Crippen LogP contribution >= 0.6 is 0 Å². The fourth-order valence-electron chi connectivity index (χ4n) is 5.53. The lowest BCUT2D eigenvalue weighted by molar-refractivity contribution is -0.119. The lowest BCUT2D eigenvalue weighted by Crippen LogP contribution is -2.35. The molecule has 3 heteroatoms. The van der Waals surface area contributed by atoms with E-state index in [2.05, 4.69) is 35.3 Å². The van der Waals surface area contributed by atoms with Crippen LogP contribution in [0.15, 0.2) is 18.2 Å². The van der Waals surface area contributed by atoms with Crippen molar-refractivity contribution in [3.8, 4) is 0 Å². The van der Waals surface area contributed by atoms with Gasteiger partial charge in [-0.15, -0.1) is 0 Å². The number of fused-ring (bicyclic) bond motifs is 1.